The van der Waals surface area contributed by atoms with Gasteiger partial charge in [0.25, 0.3) is 0 Å². The first-order chi connectivity index (χ1) is 39.9. The zero-order valence-corrected chi connectivity index (χ0v) is 50.1. The average Bonchev–Trinajstić information content (AvgIpc) is 2.21. The molecular formula is C76H71F3N4O. The number of fused-ring (bicyclic) bond motifs is 4. The molecule has 1 aliphatic rings. The summed E-state index contributed by atoms with van der Waals surface area (Å²) in [5.41, 5.74) is 14.4. The fourth-order valence-electron chi connectivity index (χ4n) is 11.7. The lowest BCUT2D eigenvalue weighted by Gasteiger charge is -2.30. The summed E-state index contributed by atoms with van der Waals surface area (Å²) in [5, 5.41) is 2.20. The molecule has 3 heterocycles. The van der Waals surface area contributed by atoms with Crippen molar-refractivity contribution in [1.29, 1.82) is 0 Å². The number of benzene rings is 9. The number of rotatable bonds is 9. The maximum atomic E-state index is 16.9. The first-order valence-electron chi connectivity index (χ1n) is 29.0. The fraction of sp³-hybridized carbons (Fsp3) is 0.224. The van der Waals surface area contributed by atoms with E-state index < -0.39 is 17.5 Å². The minimum atomic E-state index is -0.992. The summed E-state index contributed by atoms with van der Waals surface area (Å²) in [7, 11) is 0. The molecule has 1 aliphatic heterocycles. The third-order valence-corrected chi connectivity index (χ3v) is 16.5. The van der Waals surface area contributed by atoms with Gasteiger partial charge in [-0.3, -0.25) is 4.57 Å². The van der Waals surface area contributed by atoms with E-state index in [1.54, 1.807) is 0 Å². The number of nitrogens with zero attached hydrogens (tertiary/aromatic N) is 4. The van der Waals surface area contributed by atoms with Crippen molar-refractivity contribution in [3.05, 3.63) is 240 Å². The lowest BCUT2D eigenvalue weighted by molar-refractivity contribution is 0.483. The Morgan fingerprint density at radius 1 is 0.405 bits per heavy atom. The molecule has 0 bridgehead atoms. The molecule has 0 fully saturated rings. The summed E-state index contributed by atoms with van der Waals surface area (Å²) in [6.45, 7) is 26.8. The van der Waals surface area contributed by atoms with Crippen LogP contribution < -0.4 is 14.5 Å². The molecule has 84 heavy (non-hydrogen) atoms. The van der Waals surface area contributed by atoms with Gasteiger partial charge in [-0.15, -0.1) is 0 Å². The van der Waals surface area contributed by atoms with Crippen molar-refractivity contribution in [1.82, 2.24) is 9.55 Å². The zero-order valence-electron chi connectivity index (χ0n) is 50.1. The molecule has 422 valence electrons. The van der Waals surface area contributed by atoms with Gasteiger partial charge in [0.05, 0.1) is 33.7 Å². The highest BCUT2D eigenvalue weighted by molar-refractivity contribution is 6.09. The molecule has 11 aromatic rings. The van der Waals surface area contributed by atoms with E-state index in [-0.39, 0.29) is 33.9 Å². The Morgan fingerprint density at radius 2 is 0.976 bits per heavy atom. The molecule has 12 rings (SSSR count). The molecule has 8 heteroatoms. The van der Waals surface area contributed by atoms with Crippen LogP contribution in [-0.4, -0.2) is 16.2 Å². The van der Waals surface area contributed by atoms with Crippen LogP contribution in [0, 0.1) is 17.5 Å². The minimum Gasteiger partial charge on any atom is -0.457 e. The molecule has 0 amide bonds. The number of halogens is 3. The molecule has 0 N–H and O–H groups in total. The van der Waals surface area contributed by atoms with Gasteiger partial charge in [0.15, 0.2) is 0 Å². The standard InChI is InChI=1S/C76H71F3N4O/c1-73(2,3)52-28-26-48(27-29-52)49-36-57(44-59(37-49)84-58-30-31-61-60-22-16-17-23-66(60)83(69(61)45-58)70-41-53(32-33-80-70)74(4,5)6)81-46-82(68-25-19-18-24-67(68)81)72-62(51-34-54(75(7,8)9)40-55(35-51)76(10,11)12)38-50(47-20-14-13-15-21-47)39-63(72)71-64(78)42-56(77)43-65(71)79/h13-45H,46H2,1-12H3. The number of ether oxygens (including phenoxy) is 1. The van der Waals surface area contributed by atoms with Crippen LogP contribution in [-0.2, 0) is 21.7 Å². The van der Waals surface area contributed by atoms with Crippen LogP contribution in [0.15, 0.2) is 200 Å². The molecule has 0 saturated heterocycles. The lowest BCUT2D eigenvalue weighted by atomic mass is 9.78. The SMILES string of the molecule is CC(C)(C)c1ccc(-c2cc(Oc3ccc4c5ccccc5n(-c5cc(C(C)(C)C)ccn5)c4c3)cc(N3CN(c4c(-c5cc(C(C)(C)C)cc(C(C)(C)C)c5)cc(-c5ccccc5)cc4-c4c(F)cc(F)cc4F)c4ccccc43)c2)cc1. The number of hydrogen-bond donors (Lipinski definition) is 0. The Morgan fingerprint density at radius 3 is 1.63 bits per heavy atom. The van der Waals surface area contributed by atoms with E-state index in [0.29, 0.717) is 22.7 Å². The van der Waals surface area contributed by atoms with Gasteiger partial charge in [0.1, 0.15) is 41.4 Å². The van der Waals surface area contributed by atoms with Crippen LogP contribution in [0.3, 0.4) is 0 Å². The number of pyridine rings is 1. The Labute approximate surface area is 492 Å². The van der Waals surface area contributed by atoms with E-state index in [1.807, 2.05) is 60.8 Å². The van der Waals surface area contributed by atoms with Gasteiger partial charge in [-0.2, -0.15) is 0 Å². The number of para-hydroxylation sites is 3. The number of aromatic nitrogens is 2. The van der Waals surface area contributed by atoms with Crippen molar-refractivity contribution in [3.8, 4) is 61.8 Å². The average molecular weight is 1110 g/mol. The number of hydrogen-bond acceptors (Lipinski definition) is 4. The number of anilines is 4. The van der Waals surface area contributed by atoms with Gasteiger partial charge in [-0.1, -0.05) is 186 Å². The van der Waals surface area contributed by atoms with Crippen molar-refractivity contribution in [2.75, 3.05) is 16.5 Å². The van der Waals surface area contributed by atoms with E-state index in [0.717, 1.165) is 101 Å². The Balaban J connectivity index is 1.07. The van der Waals surface area contributed by atoms with E-state index >= 15 is 13.2 Å². The highest BCUT2D eigenvalue weighted by Crippen LogP contribution is 2.54. The van der Waals surface area contributed by atoms with Gasteiger partial charge < -0.3 is 14.5 Å². The minimum absolute atomic E-state index is 0.0544. The second kappa shape index (κ2) is 20.8. The van der Waals surface area contributed by atoms with Crippen LogP contribution in [0.25, 0.3) is 72.1 Å². The topological polar surface area (TPSA) is 33.5 Å². The van der Waals surface area contributed by atoms with E-state index in [4.69, 9.17) is 9.72 Å². The van der Waals surface area contributed by atoms with Crippen LogP contribution in [0.5, 0.6) is 11.5 Å². The maximum absolute atomic E-state index is 16.9. The van der Waals surface area contributed by atoms with Gasteiger partial charge in [-0.25, -0.2) is 18.2 Å². The molecule has 0 atom stereocenters. The van der Waals surface area contributed by atoms with Gasteiger partial charge >= 0.3 is 0 Å². The normalized spacial score (nSPS) is 13.1. The molecule has 2 aromatic heterocycles. The monoisotopic (exact) mass is 1110 g/mol. The van der Waals surface area contributed by atoms with Gasteiger partial charge in [0.2, 0.25) is 0 Å². The molecule has 0 radical (unpaired) electrons. The molecule has 0 saturated carbocycles. The van der Waals surface area contributed by atoms with Gasteiger partial charge in [-0.05, 0) is 138 Å². The Hall–Kier alpha value is -8.88. The summed E-state index contributed by atoms with van der Waals surface area (Å²) in [6.07, 6.45) is 1.89. The van der Waals surface area contributed by atoms with Crippen molar-refractivity contribution in [2.24, 2.45) is 0 Å². The highest BCUT2D eigenvalue weighted by Gasteiger charge is 2.35. The maximum Gasteiger partial charge on any atom is 0.137 e. The second-order valence-electron chi connectivity index (χ2n) is 26.6. The van der Waals surface area contributed by atoms with E-state index in [9.17, 15) is 0 Å². The third-order valence-electron chi connectivity index (χ3n) is 16.5. The lowest BCUT2D eigenvalue weighted by Crippen LogP contribution is -2.25. The van der Waals surface area contributed by atoms with Crippen LogP contribution in [0.4, 0.5) is 35.9 Å². The molecule has 5 nitrogen and oxygen atoms in total. The molecule has 0 spiro atoms. The fourth-order valence-corrected chi connectivity index (χ4v) is 11.7. The summed E-state index contributed by atoms with van der Waals surface area (Å²) < 4.78 is 58.3. The molecule has 9 aromatic carbocycles. The largest absolute Gasteiger partial charge is 0.457 e. The Bertz CT molecular complexity index is 4290. The van der Waals surface area contributed by atoms with E-state index in [1.165, 1.54) is 11.1 Å². The summed E-state index contributed by atoms with van der Waals surface area (Å²) >= 11 is 0. The van der Waals surface area contributed by atoms with Crippen molar-refractivity contribution in [2.45, 2.75) is 105 Å². The first kappa shape index (κ1) is 55.6. The molecular weight excluding hydrogens is 1040 g/mol. The van der Waals surface area contributed by atoms with E-state index in [2.05, 4.69) is 225 Å². The molecule has 0 unspecified atom stereocenters. The van der Waals surface area contributed by atoms with Crippen molar-refractivity contribution in [3.63, 3.8) is 0 Å². The third kappa shape index (κ3) is 10.5. The van der Waals surface area contributed by atoms with Crippen molar-refractivity contribution >= 4 is 44.6 Å². The van der Waals surface area contributed by atoms with Crippen molar-refractivity contribution < 1.29 is 17.9 Å². The quantitative estimate of drug-likeness (QED) is 0.144. The predicted octanol–water partition coefficient (Wildman–Crippen LogP) is 21.5. The van der Waals surface area contributed by atoms with Crippen LogP contribution in [0.2, 0.25) is 0 Å². The Kier molecular flexibility index (Phi) is 13.8. The second-order valence-corrected chi connectivity index (χ2v) is 26.6. The smallest absolute Gasteiger partial charge is 0.137 e. The predicted molar refractivity (Wildman–Crippen MR) is 344 cm³/mol. The molecule has 0 aliphatic carbocycles. The summed E-state index contributed by atoms with van der Waals surface area (Å²) in [6, 6.07) is 64.4. The zero-order chi connectivity index (χ0) is 59.2. The van der Waals surface area contributed by atoms with Gasteiger partial charge in [0, 0.05) is 58.0 Å². The van der Waals surface area contributed by atoms with Crippen LogP contribution >= 0.6 is 0 Å². The summed E-state index contributed by atoms with van der Waals surface area (Å²) in [5.74, 6) is -0.881. The first-order valence-corrected chi connectivity index (χ1v) is 29.0. The summed E-state index contributed by atoms with van der Waals surface area (Å²) in [4.78, 5) is 9.35. The highest BCUT2D eigenvalue weighted by atomic mass is 19.1. The van der Waals surface area contributed by atoms with Crippen LogP contribution in [0.1, 0.15) is 105 Å².